The Kier molecular flexibility index (Phi) is 6.76. The van der Waals surface area contributed by atoms with Crippen molar-refractivity contribution in [3.05, 3.63) is 99.0 Å². The van der Waals surface area contributed by atoms with Gasteiger partial charge >= 0.3 is 0 Å². The summed E-state index contributed by atoms with van der Waals surface area (Å²) in [4.78, 5) is 17.5. The van der Waals surface area contributed by atoms with Crippen LogP contribution < -0.4 is 4.90 Å². The van der Waals surface area contributed by atoms with Crippen LogP contribution >= 0.6 is 34.8 Å². The van der Waals surface area contributed by atoms with Gasteiger partial charge in [0.25, 0.3) is 0 Å². The summed E-state index contributed by atoms with van der Waals surface area (Å²) in [6, 6.07) is 23.2. The summed E-state index contributed by atoms with van der Waals surface area (Å²) >= 11 is 18.8. The van der Waals surface area contributed by atoms with E-state index in [1.165, 1.54) is 0 Å². The Hall–Kier alpha value is -2.20. The number of nitrogens with zero attached hydrogens (tertiary/aromatic N) is 2. The Morgan fingerprint density at radius 2 is 1.58 bits per heavy atom. The van der Waals surface area contributed by atoms with Gasteiger partial charge in [0.15, 0.2) is 0 Å². The van der Waals surface area contributed by atoms with E-state index in [0.717, 1.165) is 16.8 Å². The molecule has 1 heterocycles. The van der Waals surface area contributed by atoms with E-state index in [0.29, 0.717) is 34.7 Å². The van der Waals surface area contributed by atoms with Crippen LogP contribution in [0.1, 0.15) is 30.0 Å². The van der Waals surface area contributed by atoms with E-state index in [-0.39, 0.29) is 17.9 Å². The van der Waals surface area contributed by atoms with E-state index >= 15 is 0 Å². The average molecular weight is 474 g/mol. The number of hydrogen-bond donors (Lipinski definition) is 0. The van der Waals surface area contributed by atoms with Crippen LogP contribution in [-0.4, -0.2) is 30.4 Å². The van der Waals surface area contributed by atoms with E-state index in [2.05, 4.69) is 4.90 Å². The van der Waals surface area contributed by atoms with Crippen LogP contribution in [0.3, 0.4) is 0 Å². The van der Waals surface area contributed by atoms with Crippen molar-refractivity contribution in [3.8, 4) is 0 Å². The first-order valence-corrected chi connectivity index (χ1v) is 11.4. The molecule has 3 aromatic carbocycles. The summed E-state index contributed by atoms with van der Waals surface area (Å²) in [6.45, 7) is 3.83. The lowest BCUT2D eigenvalue weighted by molar-refractivity contribution is -0.133. The van der Waals surface area contributed by atoms with Crippen LogP contribution in [-0.2, 0) is 4.79 Å². The third kappa shape index (κ3) is 4.85. The number of hydrogen-bond acceptors (Lipinski definition) is 2. The van der Waals surface area contributed by atoms with Gasteiger partial charge in [-0.25, -0.2) is 0 Å². The predicted molar refractivity (Wildman–Crippen MR) is 129 cm³/mol. The van der Waals surface area contributed by atoms with Gasteiger partial charge in [0.05, 0.1) is 22.7 Å². The van der Waals surface area contributed by atoms with E-state index in [1.54, 1.807) is 6.07 Å². The lowest BCUT2D eigenvalue weighted by atomic mass is 9.97. The maximum absolute atomic E-state index is 13.3. The van der Waals surface area contributed by atoms with Crippen LogP contribution in [0.2, 0.25) is 15.1 Å². The molecule has 1 unspecified atom stereocenters. The molecule has 4 rings (SSSR count). The molecule has 0 bridgehead atoms. The van der Waals surface area contributed by atoms with Gasteiger partial charge in [0.2, 0.25) is 5.91 Å². The molecule has 0 radical (unpaired) electrons. The Morgan fingerprint density at radius 3 is 2.26 bits per heavy atom. The van der Waals surface area contributed by atoms with Gasteiger partial charge in [0, 0.05) is 29.7 Å². The number of halogens is 3. The molecule has 0 spiro atoms. The third-order valence-electron chi connectivity index (χ3n) is 5.84. The molecule has 2 atom stereocenters. The molecule has 0 saturated carbocycles. The molecule has 1 aliphatic rings. The predicted octanol–water partition coefficient (Wildman–Crippen LogP) is 6.84. The van der Waals surface area contributed by atoms with Crippen molar-refractivity contribution in [3.63, 3.8) is 0 Å². The summed E-state index contributed by atoms with van der Waals surface area (Å²) < 4.78 is 0. The first kappa shape index (κ1) is 22.0. The van der Waals surface area contributed by atoms with Crippen LogP contribution in [0.15, 0.2) is 72.8 Å². The van der Waals surface area contributed by atoms with Gasteiger partial charge in [-0.1, -0.05) is 77.3 Å². The van der Waals surface area contributed by atoms with E-state index < -0.39 is 0 Å². The number of amides is 1. The molecular formula is C25H23Cl3N2O. The minimum Gasteiger partial charge on any atom is -0.360 e. The Labute approximate surface area is 198 Å². The van der Waals surface area contributed by atoms with Crippen LogP contribution in [0.25, 0.3) is 0 Å². The van der Waals surface area contributed by atoms with E-state index in [1.807, 2.05) is 78.6 Å². The zero-order valence-electron chi connectivity index (χ0n) is 17.1. The van der Waals surface area contributed by atoms with Crippen molar-refractivity contribution in [1.29, 1.82) is 0 Å². The van der Waals surface area contributed by atoms with Crippen molar-refractivity contribution in [2.75, 3.05) is 24.5 Å². The number of piperazine rings is 1. The maximum Gasteiger partial charge on any atom is 0.229 e. The summed E-state index contributed by atoms with van der Waals surface area (Å²) in [5, 5.41) is 1.88. The average Bonchev–Trinajstić information content (AvgIpc) is 2.79. The molecule has 3 aromatic rings. The van der Waals surface area contributed by atoms with Crippen molar-refractivity contribution < 1.29 is 4.79 Å². The number of benzene rings is 3. The molecule has 6 heteroatoms. The van der Waals surface area contributed by atoms with Crippen LogP contribution in [0, 0.1) is 0 Å². The minimum atomic E-state index is -0.197. The first-order valence-electron chi connectivity index (χ1n) is 10.2. The second-order valence-electron chi connectivity index (χ2n) is 7.77. The zero-order valence-corrected chi connectivity index (χ0v) is 19.4. The van der Waals surface area contributed by atoms with Crippen molar-refractivity contribution >= 4 is 46.4 Å². The molecule has 1 fully saturated rings. The normalized spacial score (nSPS) is 17.5. The highest BCUT2D eigenvalue weighted by molar-refractivity contribution is 6.36. The van der Waals surface area contributed by atoms with E-state index in [9.17, 15) is 4.79 Å². The SMILES string of the molecule is CC(C(=O)N1CCN(c2ccc(Cl)cc2Cl)[C@H](c2ccc(Cl)cc2)C1)c1ccccc1. The summed E-state index contributed by atoms with van der Waals surface area (Å²) in [7, 11) is 0. The molecule has 0 aliphatic carbocycles. The second kappa shape index (κ2) is 9.52. The molecule has 0 aromatic heterocycles. The number of carbonyl (C=O) groups is 1. The molecule has 1 amide bonds. The van der Waals surface area contributed by atoms with Gasteiger partial charge < -0.3 is 9.80 Å². The second-order valence-corrected chi connectivity index (χ2v) is 9.05. The fraction of sp³-hybridized carbons (Fsp3) is 0.240. The smallest absolute Gasteiger partial charge is 0.229 e. The van der Waals surface area contributed by atoms with Crippen molar-refractivity contribution in [1.82, 2.24) is 4.90 Å². The number of anilines is 1. The summed E-state index contributed by atoms with van der Waals surface area (Å²) in [6.07, 6.45) is 0. The fourth-order valence-corrected chi connectivity index (χ4v) is 4.76. The van der Waals surface area contributed by atoms with Gasteiger partial charge in [-0.15, -0.1) is 0 Å². The van der Waals surface area contributed by atoms with Crippen LogP contribution in [0.5, 0.6) is 0 Å². The van der Waals surface area contributed by atoms with Gasteiger partial charge in [-0.3, -0.25) is 4.79 Å². The largest absolute Gasteiger partial charge is 0.360 e. The Balaban J connectivity index is 1.64. The number of rotatable bonds is 4. The lowest BCUT2D eigenvalue weighted by Crippen LogP contribution is -2.51. The molecule has 0 N–H and O–H groups in total. The summed E-state index contributed by atoms with van der Waals surface area (Å²) in [5.74, 6) is -0.0650. The fourth-order valence-electron chi connectivity index (χ4n) is 4.11. The highest BCUT2D eigenvalue weighted by Gasteiger charge is 2.33. The van der Waals surface area contributed by atoms with Gasteiger partial charge in [-0.05, 0) is 48.4 Å². The molecule has 31 heavy (non-hydrogen) atoms. The Bertz CT molecular complexity index is 1060. The van der Waals surface area contributed by atoms with Gasteiger partial charge in [0.1, 0.15) is 0 Å². The molecule has 1 saturated heterocycles. The molecule has 1 aliphatic heterocycles. The van der Waals surface area contributed by atoms with Crippen molar-refractivity contribution in [2.24, 2.45) is 0 Å². The van der Waals surface area contributed by atoms with E-state index in [4.69, 9.17) is 34.8 Å². The third-order valence-corrected chi connectivity index (χ3v) is 6.63. The van der Waals surface area contributed by atoms with Gasteiger partial charge in [-0.2, -0.15) is 0 Å². The lowest BCUT2D eigenvalue weighted by Gasteiger charge is -2.44. The molecule has 160 valence electrons. The standard InChI is InChI=1S/C25H23Cl3N2O/c1-17(18-5-3-2-4-6-18)25(31)29-13-14-30(23-12-11-21(27)15-22(23)28)24(16-29)19-7-9-20(26)10-8-19/h2-12,15,17,24H,13-14,16H2,1H3/t17?,24-/m0/s1. The van der Waals surface area contributed by atoms with Crippen LogP contribution in [0.4, 0.5) is 5.69 Å². The summed E-state index contributed by atoms with van der Waals surface area (Å²) in [5.41, 5.74) is 3.02. The molecule has 3 nitrogen and oxygen atoms in total. The quantitative estimate of drug-likeness (QED) is 0.414. The zero-order chi connectivity index (χ0) is 22.0. The minimum absolute atomic E-state index is 0.0448. The number of carbonyl (C=O) groups excluding carboxylic acids is 1. The maximum atomic E-state index is 13.3. The first-order chi connectivity index (χ1) is 14.9. The van der Waals surface area contributed by atoms with Crippen molar-refractivity contribution in [2.45, 2.75) is 18.9 Å². The highest BCUT2D eigenvalue weighted by Crippen LogP contribution is 2.37. The molecular weight excluding hydrogens is 451 g/mol. The monoisotopic (exact) mass is 472 g/mol. The Morgan fingerprint density at radius 1 is 0.903 bits per heavy atom. The topological polar surface area (TPSA) is 23.6 Å². The highest BCUT2D eigenvalue weighted by atomic mass is 35.5.